The molecule has 0 atom stereocenters. The Morgan fingerprint density at radius 3 is 2.58 bits per heavy atom. The Morgan fingerprint density at radius 1 is 1.10 bits per heavy atom. The number of para-hydroxylation sites is 1. The van der Waals surface area contributed by atoms with E-state index in [0.717, 1.165) is 41.6 Å². The second kappa shape index (κ2) is 7.78. The van der Waals surface area contributed by atoms with E-state index in [1.807, 2.05) is 36.4 Å². The van der Waals surface area contributed by atoms with Crippen molar-refractivity contribution < 1.29 is 12.8 Å². The van der Waals surface area contributed by atoms with Crippen molar-refractivity contribution in [1.82, 2.24) is 14.8 Å². The second-order valence-corrected chi connectivity index (χ2v) is 9.76. The first-order valence-electron chi connectivity index (χ1n) is 9.64. The van der Waals surface area contributed by atoms with Gasteiger partial charge in [0.05, 0.1) is 22.0 Å². The first-order valence-corrected chi connectivity index (χ1v) is 12.0. The van der Waals surface area contributed by atoms with Gasteiger partial charge in [-0.15, -0.1) is 11.3 Å². The second-order valence-electron chi connectivity index (χ2n) is 7.19. The summed E-state index contributed by atoms with van der Waals surface area (Å²) in [5.74, 6) is 0.360. The number of nitrogens with zero attached hydrogens (tertiary/aromatic N) is 3. The molecule has 10 heteroatoms. The van der Waals surface area contributed by atoms with E-state index in [9.17, 15) is 12.8 Å². The van der Waals surface area contributed by atoms with Crippen LogP contribution in [0.2, 0.25) is 0 Å². The summed E-state index contributed by atoms with van der Waals surface area (Å²) in [6.45, 7) is 0. The number of benzene rings is 2. The highest BCUT2D eigenvalue weighted by Crippen LogP contribution is 2.41. The van der Waals surface area contributed by atoms with Gasteiger partial charge in [0.2, 0.25) is 0 Å². The third-order valence-corrected chi connectivity index (χ3v) is 7.05. The van der Waals surface area contributed by atoms with Crippen molar-refractivity contribution >= 4 is 38.0 Å². The normalized spacial score (nSPS) is 13.8. The molecular formula is C21H18FN5O2S2. The van der Waals surface area contributed by atoms with Gasteiger partial charge >= 0.3 is 0 Å². The fraction of sp³-hybridized carbons (Fsp3) is 0.143. The summed E-state index contributed by atoms with van der Waals surface area (Å²) in [5.41, 5.74) is 1.97. The molecular weight excluding hydrogens is 437 g/mol. The van der Waals surface area contributed by atoms with Crippen LogP contribution in [0.3, 0.4) is 0 Å². The van der Waals surface area contributed by atoms with E-state index >= 15 is 0 Å². The zero-order valence-electron chi connectivity index (χ0n) is 16.2. The Balaban J connectivity index is 1.44. The van der Waals surface area contributed by atoms with Gasteiger partial charge in [0.1, 0.15) is 11.6 Å². The van der Waals surface area contributed by atoms with E-state index in [1.165, 1.54) is 18.3 Å². The van der Waals surface area contributed by atoms with Gasteiger partial charge in [-0.2, -0.15) is 5.10 Å². The Bertz CT molecular complexity index is 1320. The average Bonchev–Trinajstić information content (AvgIpc) is 3.33. The van der Waals surface area contributed by atoms with Crippen molar-refractivity contribution in [2.45, 2.75) is 23.7 Å². The fourth-order valence-corrected chi connectivity index (χ4v) is 4.98. The average molecular weight is 456 g/mol. The van der Waals surface area contributed by atoms with Gasteiger partial charge in [0.25, 0.3) is 10.0 Å². The SMILES string of the molecule is O=S(=O)(Nc1nccs1)c1ccc(Nc2cc(C3CC3)nn2-c2ccccc2)c(F)c1. The minimum Gasteiger partial charge on any atom is -0.338 e. The summed E-state index contributed by atoms with van der Waals surface area (Å²) in [7, 11) is -3.93. The highest BCUT2D eigenvalue weighted by atomic mass is 32.2. The van der Waals surface area contributed by atoms with Gasteiger partial charge in [-0.05, 0) is 43.2 Å². The predicted octanol–water partition coefficient (Wildman–Crippen LogP) is 4.89. The van der Waals surface area contributed by atoms with E-state index in [-0.39, 0.29) is 15.7 Å². The van der Waals surface area contributed by atoms with Crippen LogP contribution >= 0.6 is 11.3 Å². The number of thiazole rings is 1. The molecule has 0 saturated heterocycles. The highest BCUT2D eigenvalue weighted by molar-refractivity contribution is 7.93. The molecule has 0 spiro atoms. The first kappa shape index (κ1) is 19.7. The molecule has 0 aliphatic heterocycles. The molecule has 2 aromatic heterocycles. The van der Waals surface area contributed by atoms with Crippen LogP contribution in [0.15, 0.2) is 71.1 Å². The number of hydrogen-bond donors (Lipinski definition) is 2. The van der Waals surface area contributed by atoms with Crippen LogP contribution in [-0.2, 0) is 10.0 Å². The van der Waals surface area contributed by atoms with Gasteiger partial charge in [-0.1, -0.05) is 18.2 Å². The van der Waals surface area contributed by atoms with Crippen LogP contribution in [0.25, 0.3) is 5.69 Å². The third kappa shape index (κ3) is 4.17. The molecule has 1 saturated carbocycles. The van der Waals surface area contributed by atoms with E-state index in [4.69, 9.17) is 0 Å². The number of sulfonamides is 1. The molecule has 0 radical (unpaired) electrons. The van der Waals surface area contributed by atoms with Crippen LogP contribution in [0.5, 0.6) is 0 Å². The lowest BCUT2D eigenvalue weighted by atomic mass is 10.2. The Morgan fingerprint density at radius 2 is 1.90 bits per heavy atom. The van der Waals surface area contributed by atoms with Crippen LogP contribution in [0.4, 0.5) is 21.0 Å². The van der Waals surface area contributed by atoms with Crippen molar-refractivity contribution in [2.75, 3.05) is 10.0 Å². The molecule has 158 valence electrons. The number of hydrogen-bond acceptors (Lipinski definition) is 6. The molecule has 1 aliphatic carbocycles. The Kier molecular flexibility index (Phi) is 4.95. The lowest BCUT2D eigenvalue weighted by Crippen LogP contribution is -2.13. The molecule has 1 fully saturated rings. The molecule has 2 aromatic carbocycles. The molecule has 0 unspecified atom stereocenters. The lowest BCUT2D eigenvalue weighted by Gasteiger charge is -2.12. The van der Waals surface area contributed by atoms with Crippen LogP contribution in [0.1, 0.15) is 24.5 Å². The molecule has 7 nitrogen and oxygen atoms in total. The number of aromatic nitrogens is 3. The Labute approximate surface area is 182 Å². The maximum atomic E-state index is 14.9. The minimum absolute atomic E-state index is 0.160. The highest BCUT2D eigenvalue weighted by Gasteiger charge is 2.28. The zero-order chi connectivity index (χ0) is 21.4. The number of anilines is 3. The standard InChI is InChI=1S/C21H18FN5O2S2/c22-17-12-16(31(28,29)26-21-23-10-11-30-21)8-9-18(17)24-20-13-19(14-6-7-14)25-27(20)15-4-2-1-3-5-15/h1-5,8-14,24H,6-7H2,(H,23,26). The zero-order valence-corrected chi connectivity index (χ0v) is 17.8. The number of rotatable bonds is 7. The largest absolute Gasteiger partial charge is 0.338 e. The van der Waals surface area contributed by atoms with Crippen LogP contribution < -0.4 is 10.0 Å². The summed E-state index contributed by atoms with van der Waals surface area (Å²) in [6, 6.07) is 15.2. The van der Waals surface area contributed by atoms with Gasteiger partial charge < -0.3 is 5.32 Å². The van der Waals surface area contributed by atoms with Crippen molar-refractivity contribution in [1.29, 1.82) is 0 Å². The fourth-order valence-electron chi connectivity index (χ4n) is 3.18. The van der Waals surface area contributed by atoms with E-state index in [1.54, 1.807) is 10.1 Å². The molecule has 0 bridgehead atoms. The van der Waals surface area contributed by atoms with E-state index < -0.39 is 15.8 Å². The molecule has 1 aliphatic rings. The maximum absolute atomic E-state index is 14.9. The summed E-state index contributed by atoms with van der Waals surface area (Å²) in [6.07, 6.45) is 3.68. The lowest BCUT2D eigenvalue weighted by molar-refractivity contribution is 0.596. The van der Waals surface area contributed by atoms with Crippen molar-refractivity contribution in [3.05, 3.63) is 77.7 Å². The smallest absolute Gasteiger partial charge is 0.263 e. The monoisotopic (exact) mass is 455 g/mol. The topological polar surface area (TPSA) is 88.9 Å². The molecule has 31 heavy (non-hydrogen) atoms. The van der Waals surface area contributed by atoms with Gasteiger partial charge in [0.15, 0.2) is 5.13 Å². The Hall–Kier alpha value is -3.24. The predicted molar refractivity (Wildman–Crippen MR) is 118 cm³/mol. The molecule has 0 amide bonds. The summed E-state index contributed by atoms with van der Waals surface area (Å²) in [4.78, 5) is 3.72. The third-order valence-electron chi connectivity index (χ3n) is 4.89. The van der Waals surface area contributed by atoms with Crippen molar-refractivity contribution in [3.63, 3.8) is 0 Å². The van der Waals surface area contributed by atoms with Crippen molar-refractivity contribution in [2.24, 2.45) is 0 Å². The van der Waals surface area contributed by atoms with Crippen LogP contribution in [-0.4, -0.2) is 23.2 Å². The number of nitrogens with one attached hydrogen (secondary N) is 2. The van der Waals surface area contributed by atoms with Gasteiger partial charge in [-0.25, -0.2) is 22.5 Å². The van der Waals surface area contributed by atoms with Crippen molar-refractivity contribution in [3.8, 4) is 5.69 Å². The number of halogens is 1. The molecule has 2 N–H and O–H groups in total. The van der Waals surface area contributed by atoms with E-state index in [0.29, 0.717) is 11.7 Å². The first-order chi connectivity index (χ1) is 15.0. The quantitative estimate of drug-likeness (QED) is 0.414. The molecule has 2 heterocycles. The molecule has 5 rings (SSSR count). The molecule has 4 aromatic rings. The van der Waals surface area contributed by atoms with Gasteiger partial charge in [0, 0.05) is 23.6 Å². The minimum atomic E-state index is -3.93. The van der Waals surface area contributed by atoms with E-state index in [2.05, 4.69) is 20.1 Å². The van der Waals surface area contributed by atoms with Crippen LogP contribution in [0, 0.1) is 5.82 Å². The summed E-state index contributed by atoms with van der Waals surface area (Å²) < 4.78 is 43.9. The maximum Gasteiger partial charge on any atom is 0.263 e. The van der Waals surface area contributed by atoms with Gasteiger partial charge in [-0.3, -0.25) is 4.72 Å². The summed E-state index contributed by atoms with van der Waals surface area (Å²) in [5, 5.41) is 9.63. The summed E-state index contributed by atoms with van der Waals surface area (Å²) >= 11 is 1.15.